The topological polar surface area (TPSA) is 48.5 Å². The molecule has 1 aliphatic rings. The predicted octanol–water partition coefficient (Wildman–Crippen LogP) is 2.63. The van der Waals surface area contributed by atoms with Crippen molar-refractivity contribution < 1.29 is 4.79 Å². The first-order valence-electron chi connectivity index (χ1n) is 7.87. The minimum atomic E-state index is -0.0283. The fraction of sp³-hybridized carbons (Fsp3) is 0.333. The summed E-state index contributed by atoms with van der Waals surface area (Å²) in [5.74, 6) is 0. The lowest BCUT2D eigenvalue weighted by Gasteiger charge is -2.28. The molecule has 2 amide bonds. The zero-order valence-electron chi connectivity index (χ0n) is 13.6. The number of carbonyl (C=O) groups is 1. The van der Waals surface area contributed by atoms with Crippen molar-refractivity contribution in [1.82, 2.24) is 15.2 Å². The van der Waals surface area contributed by atoms with Gasteiger partial charge in [0.05, 0.1) is 0 Å². The molecule has 0 unspecified atom stereocenters. The van der Waals surface area contributed by atoms with Gasteiger partial charge in [-0.2, -0.15) is 0 Å². The average molecular weight is 310 g/mol. The van der Waals surface area contributed by atoms with Crippen molar-refractivity contribution in [1.29, 1.82) is 0 Å². The fourth-order valence-corrected chi connectivity index (χ4v) is 3.00. The van der Waals surface area contributed by atoms with Crippen molar-refractivity contribution >= 4 is 11.7 Å². The van der Waals surface area contributed by atoms with E-state index in [0.29, 0.717) is 13.1 Å². The number of hydrogen-bond acceptors (Lipinski definition) is 3. The van der Waals surface area contributed by atoms with E-state index in [9.17, 15) is 4.79 Å². The van der Waals surface area contributed by atoms with E-state index in [2.05, 4.69) is 41.3 Å². The monoisotopic (exact) mass is 310 g/mol. The van der Waals surface area contributed by atoms with Crippen LogP contribution in [0.15, 0.2) is 48.8 Å². The summed E-state index contributed by atoms with van der Waals surface area (Å²) in [6.07, 6.45) is 3.47. The Labute approximate surface area is 136 Å². The minimum absolute atomic E-state index is 0.0283. The third-order valence-corrected chi connectivity index (χ3v) is 4.27. The molecule has 120 valence electrons. The Morgan fingerprint density at radius 1 is 1.26 bits per heavy atom. The standard InChI is InChI=1S/C18H22N4O/c1-14-12-21(2)17-6-4-3-5-16(17)13-22(14)18(23)20-11-15-7-9-19-10-8-15/h3-10,14H,11-13H2,1-2H3,(H,20,23)/t14-/m0/s1. The SMILES string of the molecule is C[C@H]1CN(C)c2ccccc2CN1C(=O)NCc1ccncc1. The molecule has 2 aromatic rings. The number of para-hydroxylation sites is 1. The summed E-state index contributed by atoms with van der Waals surface area (Å²) < 4.78 is 0. The number of benzene rings is 1. The maximum absolute atomic E-state index is 12.6. The molecule has 5 nitrogen and oxygen atoms in total. The van der Waals surface area contributed by atoms with Gasteiger partial charge in [0.15, 0.2) is 0 Å². The maximum Gasteiger partial charge on any atom is 0.318 e. The number of likely N-dealkylation sites (N-methyl/N-ethyl adjacent to an activating group) is 1. The van der Waals surface area contributed by atoms with Gasteiger partial charge in [0.2, 0.25) is 0 Å². The van der Waals surface area contributed by atoms with Crippen molar-refractivity contribution in [2.45, 2.75) is 26.1 Å². The molecule has 0 saturated heterocycles. The molecule has 0 fully saturated rings. The number of rotatable bonds is 2. The number of fused-ring (bicyclic) bond motifs is 1. The summed E-state index contributed by atoms with van der Waals surface area (Å²) in [6.45, 7) is 4.06. The number of urea groups is 1. The van der Waals surface area contributed by atoms with Gasteiger partial charge in [0.1, 0.15) is 0 Å². The highest BCUT2D eigenvalue weighted by molar-refractivity contribution is 5.75. The molecule has 5 heteroatoms. The van der Waals surface area contributed by atoms with Gasteiger partial charge in [-0.3, -0.25) is 4.98 Å². The fourth-order valence-electron chi connectivity index (χ4n) is 3.00. The molecule has 0 bridgehead atoms. The van der Waals surface area contributed by atoms with Gasteiger partial charge in [0.25, 0.3) is 0 Å². The van der Waals surface area contributed by atoms with Crippen LogP contribution in [0, 0.1) is 0 Å². The van der Waals surface area contributed by atoms with Crippen LogP contribution < -0.4 is 10.2 Å². The van der Waals surface area contributed by atoms with Crippen LogP contribution in [0.2, 0.25) is 0 Å². The number of nitrogens with zero attached hydrogens (tertiary/aromatic N) is 3. The van der Waals surface area contributed by atoms with Gasteiger partial charge < -0.3 is 15.1 Å². The van der Waals surface area contributed by atoms with E-state index in [1.807, 2.05) is 29.2 Å². The zero-order valence-corrected chi connectivity index (χ0v) is 13.6. The number of pyridine rings is 1. The molecule has 2 heterocycles. The van der Waals surface area contributed by atoms with Crippen molar-refractivity contribution in [2.75, 3.05) is 18.5 Å². The van der Waals surface area contributed by atoms with Crippen LogP contribution in [-0.4, -0.2) is 35.5 Å². The summed E-state index contributed by atoms with van der Waals surface area (Å²) in [6, 6.07) is 12.2. The van der Waals surface area contributed by atoms with Crippen molar-refractivity contribution in [3.8, 4) is 0 Å². The highest BCUT2D eigenvalue weighted by Crippen LogP contribution is 2.25. The summed E-state index contributed by atoms with van der Waals surface area (Å²) in [5.41, 5.74) is 3.43. The molecule has 3 rings (SSSR count). The van der Waals surface area contributed by atoms with Gasteiger partial charge >= 0.3 is 6.03 Å². The van der Waals surface area contributed by atoms with Crippen LogP contribution in [0.4, 0.5) is 10.5 Å². The van der Waals surface area contributed by atoms with E-state index in [1.54, 1.807) is 12.4 Å². The van der Waals surface area contributed by atoms with E-state index in [0.717, 1.165) is 12.1 Å². The first kappa shape index (κ1) is 15.3. The predicted molar refractivity (Wildman–Crippen MR) is 91.2 cm³/mol. The molecule has 23 heavy (non-hydrogen) atoms. The number of anilines is 1. The lowest BCUT2D eigenvalue weighted by molar-refractivity contribution is 0.178. The Balaban J connectivity index is 1.72. The van der Waals surface area contributed by atoms with Crippen LogP contribution in [0.1, 0.15) is 18.1 Å². The molecular formula is C18H22N4O. The zero-order chi connectivity index (χ0) is 16.2. The Kier molecular flexibility index (Phi) is 4.46. The molecule has 1 aliphatic heterocycles. The summed E-state index contributed by atoms with van der Waals surface area (Å²) in [5, 5.41) is 3.01. The number of nitrogens with one attached hydrogen (secondary N) is 1. The Bertz CT molecular complexity index is 674. The minimum Gasteiger partial charge on any atom is -0.372 e. The lowest BCUT2D eigenvalue weighted by Crippen LogP contribution is -2.46. The summed E-state index contributed by atoms with van der Waals surface area (Å²) in [7, 11) is 2.08. The third kappa shape index (κ3) is 3.44. The van der Waals surface area contributed by atoms with Crippen LogP contribution in [-0.2, 0) is 13.1 Å². The Hall–Kier alpha value is -2.56. The van der Waals surface area contributed by atoms with Crippen molar-refractivity contribution in [3.63, 3.8) is 0 Å². The first-order valence-corrected chi connectivity index (χ1v) is 7.87. The van der Waals surface area contributed by atoms with E-state index in [-0.39, 0.29) is 12.1 Å². The quantitative estimate of drug-likeness (QED) is 0.927. The number of aromatic nitrogens is 1. The van der Waals surface area contributed by atoms with Gasteiger partial charge in [0, 0.05) is 50.8 Å². The third-order valence-electron chi connectivity index (χ3n) is 4.27. The van der Waals surface area contributed by atoms with Crippen LogP contribution in [0.5, 0.6) is 0 Å². The molecule has 1 atom stereocenters. The largest absolute Gasteiger partial charge is 0.372 e. The van der Waals surface area contributed by atoms with E-state index in [1.165, 1.54) is 11.3 Å². The molecule has 0 saturated carbocycles. The normalized spacial score (nSPS) is 17.4. The molecule has 1 aromatic heterocycles. The summed E-state index contributed by atoms with van der Waals surface area (Å²) >= 11 is 0. The van der Waals surface area contributed by atoms with E-state index in [4.69, 9.17) is 0 Å². The molecule has 0 radical (unpaired) electrons. The van der Waals surface area contributed by atoms with Gasteiger partial charge in [-0.05, 0) is 36.2 Å². The van der Waals surface area contributed by atoms with Gasteiger partial charge in [-0.1, -0.05) is 18.2 Å². The number of hydrogen-bond donors (Lipinski definition) is 1. The van der Waals surface area contributed by atoms with Crippen LogP contribution >= 0.6 is 0 Å². The second-order valence-corrected chi connectivity index (χ2v) is 6.00. The molecule has 1 aromatic carbocycles. The van der Waals surface area contributed by atoms with E-state index >= 15 is 0 Å². The van der Waals surface area contributed by atoms with Crippen molar-refractivity contribution in [2.24, 2.45) is 0 Å². The number of carbonyl (C=O) groups excluding carboxylic acids is 1. The molecule has 0 spiro atoms. The smallest absolute Gasteiger partial charge is 0.318 e. The second-order valence-electron chi connectivity index (χ2n) is 6.00. The molecular weight excluding hydrogens is 288 g/mol. The number of amides is 2. The average Bonchev–Trinajstić information content (AvgIpc) is 2.70. The highest BCUT2D eigenvalue weighted by Gasteiger charge is 2.26. The van der Waals surface area contributed by atoms with Gasteiger partial charge in [-0.25, -0.2) is 4.79 Å². The second kappa shape index (κ2) is 6.69. The Morgan fingerprint density at radius 2 is 2.00 bits per heavy atom. The highest BCUT2D eigenvalue weighted by atomic mass is 16.2. The molecule has 1 N–H and O–H groups in total. The maximum atomic E-state index is 12.6. The first-order chi connectivity index (χ1) is 11.1. The Morgan fingerprint density at radius 3 is 2.78 bits per heavy atom. The van der Waals surface area contributed by atoms with Crippen molar-refractivity contribution in [3.05, 3.63) is 59.9 Å². The van der Waals surface area contributed by atoms with Crippen LogP contribution in [0.3, 0.4) is 0 Å². The van der Waals surface area contributed by atoms with Gasteiger partial charge in [-0.15, -0.1) is 0 Å². The van der Waals surface area contributed by atoms with E-state index < -0.39 is 0 Å². The molecule has 0 aliphatic carbocycles. The van der Waals surface area contributed by atoms with Crippen LogP contribution in [0.25, 0.3) is 0 Å². The summed E-state index contributed by atoms with van der Waals surface area (Å²) in [4.78, 5) is 20.7. The lowest BCUT2D eigenvalue weighted by atomic mass is 10.1.